The van der Waals surface area contributed by atoms with Crippen molar-refractivity contribution in [3.63, 3.8) is 0 Å². The van der Waals surface area contributed by atoms with Gasteiger partial charge in [0.15, 0.2) is 5.82 Å². The van der Waals surface area contributed by atoms with Crippen LogP contribution in [0.15, 0.2) is 67.0 Å². The lowest BCUT2D eigenvalue weighted by molar-refractivity contribution is 0.0916. The molecule has 1 amide bonds. The SMILES string of the molecule is O=C(N[C@@H](CO)Cc1ncccn1)c1ccccc1-c1n[nH]c(-c2ccc(F)cc2)c1F. The number of amides is 1. The van der Waals surface area contributed by atoms with Crippen LogP contribution < -0.4 is 5.32 Å². The Labute approximate surface area is 182 Å². The molecule has 0 fully saturated rings. The number of aliphatic hydroxyl groups excluding tert-OH is 1. The molecule has 0 saturated heterocycles. The van der Waals surface area contributed by atoms with Crippen molar-refractivity contribution in [3.05, 3.63) is 90.0 Å². The summed E-state index contributed by atoms with van der Waals surface area (Å²) < 4.78 is 28.4. The van der Waals surface area contributed by atoms with Crippen molar-refractivity contribution in [2.75, 3.05) is 6.61 Å². The molecule has 4 rings (SSSR count). The number of benzene rings is 2. The van der Waals surface area contributed by atoms with E-state index in [0.717, 1.165) is 0 Å². The zero-order valence-electron chi connectivity index (χ0n) is 16.8. The Hall–Kier alpha value is -3.98. The second-order valence-corrected chi connectivity index (χ2v) is 7.04. The lowest BCUT2D eigenvalue weighted by Gasteiger charge is -2.16. The second-order valence-electron chi connectivity index (χ2n) is 7.04. The summed E-state index contributed by atoms with van der Waals surface area (Å²) >= 11 is 0. The maximum Gasteiger partial charge on any atom is 0.252 e. The van der Waals surface area contributed by atoms with E-state index in [2.05, 4.69) is 25.5 Å². The minimum absolute atomic E-state index is 0.0398. The molecule has 3 N–H and O–H groups in total. The van der Waals surface area contributed by atoms with E-state index >= 15 is 4.39 Å². The first-order valence-electron chi connectivity index (χ1n) is 9.83. The molecule has 0 bridgehead atoms. The maximum absolute atomic E-state index is 15.2. The summed E-state index contributed by atoms with van der Waals surface area (Å²) in [6.07, 6.45) is 3.39. The standard InChI is InChI=1S/C23H19F2N5O2/c24-15-8-6-14(7-9-15)21-20(25)22(30-29-21)17-4-1-2-5-18(17)23(32)28-16(13-31)12-19-26-10-3-11-27-19/h1-11,16,31H,12-13H2,(H,28,32)(H,29,30)/t16-/m1/s1. The third-order valence-electron chi connectivity index (χ3n) is 4.87. The van der Waals surface area contributed by atoms with Crippen LogP contribution in [0.25, 0.3) is 22.5 Å². The molecule has 0 unspecified atom stereocenters. The molecule has 0 saturated carbocycles. The molecule has 2 aromatic heterocycles. The number of nitrogens with one attached hydrogen (secondary N) is 2. The van der Waals surface area contributed by atoms with Gasteiger partial charge in [-0.15, -0.1) is 0 Å². The molecule has 7 nitrogen and oxygen atoms in total. The fourth-order valence-corrected chi connectivity index (χ4v) is 3.28. The first-order valence-corrected chi connectivity index (χ1v) is 9.83. The predicted molar refractivity (Wildman–Crippen MR) is 113 cm³/mol. The smallest absolute Gasteiger partial charge is 0.252 e. The summed E-state index contributed by atoms with van der Waals surface area (Å²) in [6, 6.07) is 12.8. The van der Waals surface area contributed by atoms with E-state index in [1.807, 2.05) is 0 Å². The number of H-pyrrole nitrogens is 1. The molecular formula is C23H19F2N5O2. The predicted octanol–water partition coefficient (Wildman–Crippen LogP) is 3.15. The highest BCUT2D eigenvalue weighted by Gasteiger charge is 2.22. The van der Waals surface area contributed by atoms with Crippen molar-refractivity contribution in [3.8, 4) is 22.5 Å². The summed E-state index contributed by atoms with van der Waals surface area (Å²) in [4.78, 5) is 21.2. The van der Waals surface area contributed by atoms with Gasteiger partial charge in [0, 0.05) is 35.5 Å². The zero-order chi connectivity index (χ0) is 22.5. The molecule has 2 heterocycles. The number of aromatic nitrogens is 4. The molecule has 32 heavy (non-hydrogen) atoms. The number of rotatable bonds is 7. The van der Waals surface area contributed by atoms with Crippen molar-refractivity contribution < 1.29 is 18.7 Å². The lowest BCUT2D eigenvalue weighted by atomic mass is 10.0. The van der Waals surface area contributed by atoms with Crippen LogP contribution in [0, 0.1) is 11.6 Å². The van der Waals surface area contributed by atoms with Crippen molar-refractivity contribution in [2.24, 2.45) is 0 Å². The van der Waals surface area contributed by atoms with Gasteiger partial charge in [0.1, 0.15) is 23.0 Å². The van der Waals surface area contributed by atoms with Crippen molar-refractivity contribution in [1.82, 2.24) is 25.5 Å². The quantitative estimate of drug-likeness (QED) is 0.414. The summed E-state index contributed by atoms with van der Waals surface area (Å²) in [6.45, 7) is -0.322. The maximum atomic E-state index is 15.2. The van der Waals surface area contributed by atoms with Gasteiger partial charge in [-0.1, -0.05) is 18.2 Å². The molecule has 9 heteroatoms. The van der Waals surface area contributed by atoms with Crippen LogP contribution >= 0.6 is 0 Å². The molecule has 4 aromatic rings. The Bertz CT molecular complexity index is 1210. The van der Waals surface area contributed by atoms with Crippen LogP contribution in [0.1, 0.15) is 16.2 Å². The highest BCUT2D eigenvalue weighted by Crippen LogP contribution is 2.30. The third kappa shape index (κ3) is 4.52. The molecule has 0 aliphatic carbocycles. The minimum Gasteiger partial charge on any atom is -0.394 e. The van der Waals surface area contributed by atoms with Crippen molar-refractivity contribution in [1.29, 1.82) is 0 Å². The number of carbonyl (C=O) groups excluding carboxylic acids is 1. The number of carbonyl (C=O) groups is 1. The van der Waals surface area contributed by atoms with E-state index in [4.69, 9.17) is 0 Å². The van der Waals surface area contributed by atoms with Crippen LogP contribution in [-0.2, 0) is 6.42 Å². The molecule has 0 aliphatic heterocycles. The summed E-state index contributed by atoms with van der Waals surface area (Å²) in [5.41, 5.74) is 0.940. The monoisotopic (exact) mass is 435 g/mol. The summed E-state index contributed by atoms with van der Waals surface area (Å²) in [5, 5.41) is 19.1. The molecule has 0 radical (unpaired) electrons. The Morgan fingerprint density at radius 1 is 1.03 bits per heavy atom. The summed E-state index contributed by atoms with van der Waals surface area (Å²) in [5.74, 6) is -1.12. The molecule has 2 aromatic carbocycles. The average molecular weight is 435 g/mol. The Balaban J connectivity index is 1.60. The van der Waals surface area contributed by atoms with Crippen LogP contribution in [0.3, 0.4) is 0 Å². The third-order valence-corrected chi connectivity index (χ3v) is 4.87. The topological polar surface area (TPSA) is 104 Å². The molecule has 1 atom stereocenters. The second kappa shape index (κ2) is 9.44. The first kappa shape index (κ1) is 21.3. The van der Waals surface area contributed by atoms with E-state index in [0.29, 0.717) is 11.4 Å². The number of halogens is 2. The minimum atomic E-state index is -0.659. The largest absolute Gasteiger partial charge is 0.394 e. The van der Waals surface area contributed by atoms with E-state index in [-0.39, 0.29) is 35.5 Å². The van der Waals surface area contributed by atoms with Gasteiger partial charge in [-0.2, -0.15) is 5.10 Å². The fourth-order valence-electron chi connectivity index (χ4n) is 3.28. The number of aromatic amines is 1. The first-order chi connectivity index (χ1) is 15.6. The van der Waals surface area contributed by atoms with Gasteiger partial charge in [-0.3, -0.25) is 9.89 Å². The van der Waals surface area contributed by atoms with Crippen LogP contribution in [0.5, 0.6) is 0 Å². The molecule has 162 valence electrons. The molecule has 0 aliphatic rings. The van der Waals surface area contributed by atoms with Gasteiger partial charge in [-0.05, 0) is 36.4 Å². The van der Waals surface area contributed by atoms with Crippen LogP contribution in [0.4, 0.5) is 8.78 Å². The fraction of sp³-hybridized carbons (Fsp3) is 0.130. The lowest BCUT2D eigenvalue weighted by Crippen LogP contribution is -2.39. The van der Waals surface area contributed by atoms with E-state index in [9.17, 15) is 14.3 Å². The van der Waals surface area contributed by atoms with Gasteiger partial charge in [0.25, 0.3) is 5.91 Å². The van der Waals surface area contributed by atoms with Gasteiger partial charge in [0.05, 0.1) is 12.6 Å². The van der Waals surface area contributed by atoms with Crippen LogP contribution in [0.2, 0.25) is 0 Å². The number of hydrogen-bond donors (Lipinski definition) is 3. The Morgan fingerprint density at radius 2 is 1.75 bits per heavy atom. The van der Waals surface area contributed by atoms with Gasteiger partial charge in [-0.25, -0.2) is 18.7 Å². The van der Waals surface area contributed by atoms with Gasteiger partial charge in [0.2, 0.25) is 0 Å². The average Bonchev–Trinajstić information content (AvgIpc) is 3.20. The van der Waals surface area contributed by atoms with E-state index < -0.39 is 23.6 Å². The van der Waals surface area contributed by atoms with Gasteiger partial charge >= 0.3 is 0 Å². The normalized spacial score (nSPS) is 11.8. The number of hydrogen-bond acceptors (Lipinski definition) is 5. The Morgan fingerprint density at radius 3 is 2.47 bits per heavy atom. The summed E-state index contributed by atoms with van der Waals surface area (Å²) in [7, 11) is 0. The van der Waals surface area contributed by atoms with E-state index in [1.54, 1.807) is 42.7 Å². The molecule has 0 spiro atoms. The van der Waals surface area contributed by atoms with Gasteiger partial charge < -0.3 is 10.4 Å². The highest BCUT2D eigenvalue weighted by molar-refractivity contribution is 6.00. The number of aliphatic hydroxyl groups is 1. The Kier molecular flexibility index (Phi) is 6.27. The van der Waals surface area contributed by atoms with E-state index in [1.165, 1.54) is 24.3 Å². The highest BCUT2D eigenvalue weighted by atomic mass is 19.1. The molecular weight excluding hydrogens is 416 g/mol. The van der Waals surface area contributed by atoms with Crippen molar-refractivity contribution >= 4 is 5.91 Å². The van der Waals surface area contributed by atoms with Crippen LogP contribution in [-0.4, -0.2) is 43.8 Å². The number of nitrogens with zero attached hydrogens (tertiary/aromatic N) is 3. The zero-order valence-corrected chi connectivity index (χ0v) is 16.8. The van der Waals surface area contributed by atoms with Crippen molar-refractivity contribution in [2.45, 2.75) is 12.5 Å².